The highest BCUT2D eigenvalue weighted by Crippen LogP contribution is 2.47. The van der Waals surface area contributed by atoms with Crippen LogP contribution in [0.3, 0.4) is 0 Å². The summed E-state index contributed by atoms with van der Waals surface area (Å²) in [7, 11) is 0. The third kappa shape index (κ3) is 1.48. The number of fused-ring (bicyclic) bond motifs is 1. The second-order valence-electron chi connectivity index (χ2n) is 5.43. The molecule has 2 nitrogen and oxygen atoms in total. The second kappa shape index (κ2) is 3.57. The molecular formula is C14H19NO. The normalized spacial score (nSPS) is 37.6. The first-order chi connectivity index (χ1) is 7.69. The Hall–Kier alpha value is -0.860. The highest BCUT2D eigenvalue weighted by atomic mass is 16.3. The fourth-order valence-electron chi connectivity index (χ4n) is 3.53. The molecule has 0 spiro atoms. The minimum atomic E-state index is -0.567. The molecule has 1 aromatic carbocycles. The van der Waals surface area contributed by atoms with Gasteiger partial charge < -0.3 is 10.4 Å². The van der Waals surface area contributed by atoms with Crippen molar-refractivity contribution in [3.63, 3.8) is 0 Å². The first kappa shape index (κ1) is 10.3. The van der Waals surface area contributed by atoms with Crippen LogP contribution in [0.2, 0.25) is 0 Å². The number of hydrogen-bond donors (Lipinski definition) is 2. The summed E-state index contributed by atoms with van der Waals surface area (Å²) in [5.74, 6) is 1.34. The van der Waals surface area contributed by atoms with E-state index in [-0.39, 0.29) is 0 Å². The third-order valence-electron chi connectivity index (χ3n) is 4.33. The lowest BCUT2D eigenvalue weighted by atomic mass is 9.87. The van der Waals surface area contributed by atoms with E-state index in [4.69, 9.17) is 0 Å². The van der Waals surface area contributed by atoms with E-state index < -0.39 is 5.60 Å². The van der Waals surface area contributed by atoms with E-state index in [9.17, 15) is 5.11 Å². The Morgan fingerprint density at radius 1 is 1.19 bits per heavy atom. The zero-order valence-corrected chi connectivity index (χ0v) is 9.74. The van der Waals surface area contributed by atoms with Gasteiger partial charge >= 0.3 is 0 Å². The van der Waals surface area contributed by atoms with Crippen LogP contribution in [0.5, 0.6) is 0 Å². The molecule has 2 heteroatoms. The molecule has 1 aliphatic carbocycles. The zero-order chi connectivity index (χ0) is 11.2. The highest BCUT2D eigenvalue weighted by molar-refractivity contribution is 5.32. The summed E-state index contributed by atoms with van der Waals surface area (Å²) in [5, 5.41) is 14.2. The smallest absolute Gasteiger partial charge is 0.0905 e. The van der Waals surface area contributed by atoms with Crippen LogP contribution in [0.1, 0.15) is 24.0 Å². The maximum atomic E-state index is 10.8. The second-order valence-corrected chi connectivity index (χ2v) is 5.43. The standard InChI is InChI=1S/C14H19NO/c1-10-4-2-3-5-13(10)14(16)6-11-8-15-9-12(11)7-14/h2-5,11-12,15-16H,6-9H2,1H3/t11-,12+,14-. The van der Waals surface area contributed by atoms with Crippen molar-refractivity contribution in [2.75, 3.05) is 13.1 Å². The number of aryl methyl sites for hydroxylation is 1. The van der Waals surface area contributed by atoms with Gasteiger partial charge in [-0.1, -0.05) is 24.3 Å². The number of aliphatic hydroxyl groups is 1. The minimum Gasteiger partial charge on any atom is -0.385 e. The van der Waals surface area contributed by atoms with E-state index >= 15 is 0 Å². The van der Waals surface area contributed by atoms with Crippen molar-refractivity contribution in [3.05, 3.63) is 35.4 Å². The molecule has 0 radical (unpaired) electrons. The van der Waals surface area contributed by atoms with E-state index in [1.807, 2.05) is 12.1 Å². The van der Waals surface area contributed by atoms with Crippen LogP contribution in [0.15, 0.2) is 24.3 Å². The van der Waals surface area contributed by atoms with E-state index in [1.165, 1.54) is 5.56 Å². The van der Waals surface area contributed by atoms with Gasteiger partial charge in [0, 0.05) is 0 Å². The maximum absolute atomic E-state index is 10.8. The fraction of sp³-hybridized carbons (Fsp3) is 0.571. The van der Waals surface area contributed by atoms with Crippen molar-refractivity contribution >= 4 is 0 Å². The van der Waals surface area contributed by atoms with Crippen LogP contribution in [0, 0.1) is 18.8 Å². The molecule has 2 fully saturated rings. The quantitative estimate of drug-likeness (QED) is 0.752. The van der Waals surface area contributed by atoms with E-state index in [2.05, 4.69) is 24.4 Å². The van der Waals surface area contributed by atoms with Crippen molar-refractivity contribution < 1.29 is 5.11 Å². The Morgan fingerprint density at radius 3 is 2.44 bits per heavy atom. The van der Waals surface area contributed by atoms with Crippen LogP contribution in [0.4, 0.5) is 0 Å². The third-order valence-corrected chi connectivity index (χ3v) is 4.33. The van der Waals surface area contributed by atoms with Crippen molar-refractivity contribution in [1.82, 2.24) is 5.32 Å². The number of benzene rings is 1. The Balaban J connectivity index is 1.93. The van der Waals surface area contributed by atoms with Gasteiger partial charge in [0.2, 0.25) is 0 Å². The van der Waals surface area contributed by atoms with Gasteiger partial charge in [-0.3, -0.25) is 0 Å². The number of rotatable bonds is 1. The van der Waals surface area contributed by atoms with Gasteiger partial charge in [0.15, 0.2) is 0 Å². The first-order valence-corrected chi connectivity index (χ1v) is 6.18. The molecule has 0 aromatic heterocycles. The summed E-state index contributed by atoms with van der Waals surface area (Å²) in [4.78, 5) is 0. The molecular weight excluding hydrogens is 198 g/mol. The molecule has 2 aliphatic rings. The summed E-state index contributed by atoms with van der Waals surface area (Å²) in [5.41, 5.74) is 1.80. The van der Waals surface area contributed by atoms with Crippen LogP contribution < -0.4 is 5.32 Å². The van der Waals surface area contributed by atoms with Crippen LogP contribution >= 0.6 is 0 Å². The van der Waals surface area contributed by atoms with Gasteiger partial charge in [-0.05, 0) is 55.8 Å². The largest absolute Gasteiger partial charge is 0.385 e. The fourth-order valence-corrected chi connectivity index (χ4v) is 3.53. The van der Waals surface area contributed by atoms with Crippen molar-refractivity contribution in [2.24, 2.45) is 11.8 Å². The number of nitrogens with one attached hydrogen (secondary N) is 1. The molecule has 2 N–H and O–H groups in total. The molecule has 3 atom stereocenters. The zero-order valence-electron chi connectivity index (χ0n) is 9.74. The van der Waals surface area contributed by atoms with Crippen molar-refractivity contribution in [2.45, 2.75) is 25.4 Å². The molecule has 3 rings (SSSR count). The van der Waals surface area contributed by atoms with E-state index in [0.717, 1.165) is 31.5 Å². The molecule has 0 unspecified atom stereocenters. The summed E-state index contributed by atoms with van der Waals surface area (Å²) >= 11 is 0. The van der Waals surface area contributed by atoms with E-state index in [1.54, 1.807) is 0 Å². The molecule has 0 amide bonds. The molecule has 1 aromatic rings. The van der Waals surface area contributed by atoms with E-state index in [0.29, 0.717) is 11.8 Å². The Kier molecular flexibility index (Phi) is 2.30. The molecule has 1 saturated heterocycles. The molecule has 86 valence electrons. The summed E-state index contributed by atoms with van der Waals surface area (Å²) in [6.45, 7) is 4.26. The minimum absolute atomic E-state index is 0.567. The van der Waals surface area contributed by atoms with Crippen molar-refractivity contribution in [3.8, 4) is 0 Å². The Labute approximate surface area is 96.7 Å². The average molecular weight is 217 g/mol. The van der Waals surface area contributed by atoms with Crippen LogP contribution in [-0.4, -0.2) is 18.2 Å². The molecule has 1 aliphatic heterocycles. The van der Waals surface area contributed by atoms with Gasteiger partial charge in [0.25, 0.3) is 0 Å². The van der Waals surface area contributed by atoms with Gasteiger partial charge in [0.05, 0.1) is 5.60 Å². The van der Waals surface area contributed by atoms with Gasteiger partial charge in [0.1, 0.15) is 0 Å². The maximum Gasteiger partial charge on any atom is 0.0905 e. The Morgan fingerprint density at radius 2 is 1.81 bits per heavy atom. The molecule has 16 heavy (non-hydrogen) atoms. The van der Waals surface area contributed by atoms with Gasteiger partial charge in [-0.2, -0.15) is 0 Å². The predicted octanol–water partition coefficient (Wildman–Crippen LogP) is 1.81. The molecule has 1 heterocycles. The summed E-state index contributed by atoms with van der Waals surface area (Å²) < 4.78 is 0. The van der Waals surface area contributed by atoms with Gasteiger partial charge in [-0.25, -0.2) is 0 Å². The summed E-state index contributed by atoms with van der Waals surface area (Å²) in [6, 6.07) is 8.26. The number of hydrogen-bond acceptors (Lipinski definition) is 2. The summed E-state index contributed by atoms with van der Waals surface area (Å²) in [6.07, 6.45) is 1.85. The Bertz CT molecular complexity index is 389. The SMILES string of the molecule is Cc1ccccc1[C@]1(O)C[C@H]2CNC[C@H]2C1. The topological polar surface area (TPSA) is 32.3 Å². The van der Waals surface area contributed by atoms with Crippen LogP contribution in [0.25, 0.3) is 0 Å². The lowest BCUT2D eigenvalue weighted by Crippen LogP contribution is -2.26. The van der Waals surface area contributed by atoms with Gasteiger partial charge in [-0.15, -0.1) is 0 Å². The predicted molar refractivity (Wildman–Crippen MR) is 64.2 cm³/mol. The highest BCUT2D eigenvalue weighted by Gasteiger charge is 2.47. The molecule has 1 saturated carbocycles. The monoisotopic (exact) mass is 217 g/mol. The first-order valence-electron chi connectivity index (χ1n) is 6.18. The lowest BCUT2D eigenvalue weighted by molar-refractivity contribution is 0.0352. The average Bonchev–Trinajstić information content (AvgIpc) is 2.76. The lowest BCUT2D eigenvalue weighted by Gasteiger charge is -2.26. The van der Waals surface area contributed by atoms with Crippen molar-refractivity contribution in [1.29, 1.82) is 0 Å². The molecule has 0 bridgehead atoms. The van der Waals surface area contributed by atoms with Crippen LogP contribution in [-0.2, 0) is 5.60 Å².